The van der Waals surface area contributed by atoms with Crippen molar-refractivity contribution in [3.63, 3.8) is 0 Å². The van der Waals surface area contributed by atoms with Crippen LogP contribution in [0.15, 0.2) is 42.5 Å². The molecular formula is C28H31F4N3O. The van der Waals surface area contributed by atoms with Crippen molar-refractivity contribution in [2.75, 3.05) is 39.5 Å². The summed E-state index contributed by atoms with van der Waals surface area (Å²) in [5.41, 5.74) is 4.13. The molecule has 192 valence electrons. The van der Waals surface area contributed by atoms with Crippen LogP contribution in [0.2, 0.25) is 0 Å². The summed E-state index contributed by atoms with van der Waals surface area (Å²) in [6.07, 6.45) is -2.45. The average Bonchev–Trinajstić information content (AvgIpc) is 3.37. The molecule has 0 bridgehead atoms. The Morgan fingerprint density at radius 3 is 2.72 bits per heavy atom. The molecule has 0 amide bonds. The largest absolute Gasteiger partial charge is 0.492 e. The Balaban J connectivity index is 1.34. The second-order valence-corrected chi connectivity index (χ2v) is 10.6. The summed E-state index contributed by atoms with van der Waals surface area (Å²) < 4.78 is 60.2. The first-order valence-electron chi connectivity index (χ1n) is 12.8. The molecule has 2 aromatic carbocycles. The van der Waals surface area contributed by atoms with Gasteiger partial charge in [0.2, 0.25) is 0 Å². The van der Waals surface area contributed by atoms with Gasteiger partial charge in [0.25, 0.3) is 0 Å². The number of alkyl halides is 4. The Morgan fingerprint density at radius 2 is 1.94 bits per heavy atom. The smallest absolute Gasteiger partial charge is 0.401 e. The minimum atomic E-state index is -4.30. The van der Waals surface area contributed by atoms with Crippen molar-refractivity contribution in [1.29, 1.82) is 0 Å². The van der Waals surface area contributed by atoms with E-state index in [0.29, 0.717) is 25.9 Å². The van der Waals surface area contributed by atoms with Gasteiger partial charge in [-0.1, -0.05) is 24.3 Å². The third kappa shape index (κ3) is 3.89. The highest BCUT2D eigenvalue weighted by molar-refractivity contribution is 5.86. The molecule has 0 saturated carbocycles. The number of ether oxygens (including phenoxy) is 1. The van der Waals surface area contributed by atoms with Gasteiger partial charge < -0.3 is 9.72 Å². The number of aromatic nitrogens is 1. The average molecular weight is 502 g/mol. The Bertz CT molecular complexity index is 1270. The number of para-hydroxylation sites is 1. The van der Waals surface area contributed by atoms with E-state index in [4.69, 9.17) is 4.74 Å². The lowest BCUT2D eigenvalue weighted by molar-refractivity contribution is -0.165. The van der Waals surface area contributed by atoms with Crippen molar-refractivity contribution in [2.45, 2.75) is 43.9 Å². The van der Waals surface area contributed by atoms with Gasteiger partial charge in [-0.2, -0.15) is 13.2 Å². The van der Waals surface area contributed by atoms with Gasteiger partial charge in [-0.3, -0.25) is 14.2 Å². The zero-order chi connectivity index (χ0) is 25.1. The van der Waals surface area contributed by atoms with Crippen molar-refractivity contribution in [2.24, 2.45) is 5.92 Å². The monoisotopic (exact) mass is 501 g/mol. The third-order valence-electron chi connectivity index (χ3n) is 8.30. The topological polar surface area (TPSA) is 31.5 Å². The van der Waals surface area contributed by atoms with Crippen LogP contribution in [0.1, 0.15) is 35.7 Å². The third-order valence-corrected chi connectivity index (χ3v) is 8.30. The van der Waals surface area contributed by atoms with Crippen LogP contribution in [0, 0.1) is 5.92 Å². The van der Waals surface area contributed by atoms with Crippen LogP contribution in [0.25, 0.3) is 10.9 Å². The van der Waals surface area contributed by atoms with Crippen LogP contribution < -0.4 is 4.74 Å². The SMILES string of the molecule is CC1Cc2c([nH]c3ccccc23)[C@]2(CCc3cc(OCCN4CC(CF)C4)ccc32)N1CC(F)(F)F. The maximum absolute atomic E-state index is 13.9. The number of likely N-dealkylation sites (tertiary alicyclic amines) is 1. The fourth-order valence-electron chi connectivity index (χ4n) is 6.70. The Labute approximate surface area is 208 Å². The summed E-state index contributed by atoms with van der Waals surface area (Å²) in [7, 11) is 0. The summed E-state index contributed by atoms with van der Waals surface area (Å²) in [6.45, 7) is 3.48. The maximum atomic E-state index is 13.9. The molecular weight excluding hydrogens is 470 g/mol. The first-order chi connectivity index (χ1) is 17.3. The molecule has 1 aliphatic carbocycles. The standard InChI is InChI=1S/C28H31F4N3O/c1-18-12-23-22-4-2-3-5-25(22)33-26(23)27(35(18)17-28(30,31)32)9-8-20-13-21(6-7-24(20)27)36-11-10-34-15-19(14-29)16-34/h2-7,13,18-19,33H,8-12,14-17H2,1H3/t18?,27-/m1/s1. The summed E-state index contributed by atoms with van der Waals surface area (Å²) >= 11 is 0. The van der Waals surface area contributed by atoms with Gasteiger partial charge in [0.15, 0.2) is 0 Å². The number of halogens is 4. The molecule has 4 nitrogen and oxygen atoms in total. The number of aryl methyl sites for hydroxylation is 1. The molecule has 8 heteroatoms. The van der Waals surface area contributed by atoms with E-state index in [1.807, 2.05) is 43.3 Å². The van der Waals surface area contributed by atoms with Gasteiger partial charge in [0.05, 0.1) is 18.8 Å². The van der Waals surface area contributed by atoms with Crippen molar-refractivity contribution in [3.8, 4) is 5.75 Å². The molecule has 1 spiro atoms. The Kier molecular flexibility index (Phi) is 5.80. The van der Waals surface area contributed by atoms with E-state index in [2.05, 4.69) is 16.0 Å². The summed E-state index contributed by atoms with van der Waals surface area (Å²) in [5, 5.41) is 1.10. The number of benzene rings is 2. The minimum Gasteiger partial charge on any atom is -0.492 e. The van der Waals surface area contributed by atoms with Crippen molar-refractivity contribution >= 4 is 10.9 Å². The van der Waals surface area contributed by atoms with Crippen LogP contribution in [-0.4, -0.2) is 66.5 Å². The number of aromatic amines is 1. The van der Waals surface area contributed by atoms with Crippen LogP contribution in [0.4, 0.5) is 17.6 Å². The van der Waals surface area contributed by atoms with Crippen molar-refractivity contribution in [1.82, 2.24) is 14.8 Å². The van der Waals surface area contributed by atoms with E-state index < -0.39 is 18.3 Å². The van der Waals surface area contributed by atoms with E-state index in [0.717, 1.165) is 58.7 Å². The van der Waals surface area contributed by atoms with E-state index in [1.54, 1.807) is 4.90 Å². The summed E-state index contributed by atoms with van der Waals surface area (Å²) in [5.74, 6) is 0.879. The number of hydrogen-bond acceptors (Lipinski definition) is 3. The number of hydrogen-bond donors (Lipinski definition) is 1. The van der Waals surface area contributed by atoms with Crippen LogP contribution in [-0.2, 0) is 18.4 Å². The van der Waals surface area contributed by atoms with Gasteiger partial charge >= 0.3 is 6.18 Å². The lowest BCUT2D eigenvalue weighted by Crippen LogP contribution is -2.57. The van der Waals surface area contributed by atoms with Crippen LogP contribution in [0.5, 0.6) is 5.75 Å². The molecule has 3 aromatic rings. The minimum absolute atomic E-state index is 0.147. The molecule has 36 heavy (non-hydrogen) atoms. The normalized spacial score (nSPS) is 24.8. The number of nitrogens with one attached hydrogen (secondary N) is 1. The van der Waals surface area contributed by atoms with Gasteiger partial charge in [-0.25, -0.2) is 0 Å². The molecule has 6 rings (SSSR count). The highest BCUT2D eigenvalue weighted by Crippen LogP contribution is 2.53. The lowest BCUT2D eigenvalue weighted by atomic mass is 9.77. The van der Waals surface area contributed by atoms with Gasteiger partial charge in [-0.05, 0) is 61.1 Å². The molecule has 1 aromatic heterocycles. The van der Waals surface area contributed by atoms with Crippen LogP contribution >= 0.6 is 0 Å². The van der Waals surface area contributed by atoms with E-state index >= 15 is 0 Å². The zero-order valence-corrected chi connectivity index (χ0v) is 20.4. The van der Waals surface area contributed by atoms with Gasteiger partial charge in [-0.15, -0.1) is 0 Å². The molecule has 1 saturated heterocycles. The molecule has 3 aliphatic rings. The number of H-pyrrole nitrogens is 1. The highest BCUT2D eigenvalue weighted by Gasteiger charge is 2.54. The second-order valence-electron chi connectivity index (χ2n) is 10.6. The quantitative estimate of drug-likeness (QED) is 0.456. The predicted octanol–water partition coefficient (Wildman–Crippen LogP) is 5.45. The fourth-order valence-corrected chi connectivity index (χ4v) is 6.70. The first-order valence-corrected chi connectivity index (χ1v) is 12.8. The van der Waals surface area contributed by atoms with E-state index in [-0.39, 0.29) is 18.6 Å². The Morgan fingerprint density at radius 1 is 1.14 bits per heavy atom. The fraction of sp³-hybridized carbons (Fsp3) is 0.500. The van der Waals surface area contributed by atoms with Crippen molar-refractivity contribution < 1.29 is 22.3 Å². The van der Waals surface area contributed by atoms with E-state index in [9.17, 15) is 17.6 Å². The van der Waals surface area contributed by atoms with Crippen LogP contribution in [0.3, 0.4) is 0 Å². The highest BCUT2D eigenvalue weighted by atomic mass is 19.4. The molecule has 3 heterocycles. The lowest BCUT2D eigenvalue weighted by Gasteiger charge is -2.49. The number of rotatable bonds is 6. The summed E-state index contributed by atoms with van der Waals surface area (Å²) in [4.78, 5) is 7.37. The Hall–Kier alpha value is -2.58. The summed E-state index contributed by atoms with van der Waals surface area (Å²) in [6, 6.07) is 13.6. The van der Waals surface area contributed by atoms with Gasteiger partial charge in [0, 0.05) is 48.2 Å². The van der Waals surface area contributed by atoms with E-state index in [1.165, 1.54) is 0 Å². The molecule has 0 radical (unpaired) electrons. The zero-order valence-electron chi connectivity index (χ0n) is 20.4. The molecule has 2 aliphatic heterocycles. The number of nitrogens with zero attached hydrogens (tertiary/aromatic N) is 2. The maximum Gasteiger partial charge on any atom is 0.401 e. The van der Waals surface area contributed by atoms with Crippen molar-refractivity contribution in [3.05, 3.63) is 64.8 Å². The molecule has 1 unspecified atom stereocenters. The van der Waals surface area contributed by atoms with Gasteiger partial charge in [0.1, 0.15) is 12.4 Å². The molecule has 1 N–H and O–H groups in total. The first kappa shape index (κ1) is 23.8. The second kappa shape index (κ2) is 8.77. The molecule has 1 fully saturated rings. The predicted molar refractivity (Wildman–Crippen MR) is 131 cm³/mol. The molecule has 2 atom stereocenters. The number of fused-ring (bicyclic) bond motifs is 6.